The molecule has 120 valence electrons. The molecule has 0 spiro atoms. The Morgan fingerprint density at radius 1 is 1.17 bits per heavy atom. The van der Waals surface area contributed by atoms with Crippen LogP contribution in [0.2, 0.25) is 0 Å². The number of hydrogen-bond donors (Lipinski definition) is 0. The molecule has 1 amide bonds. The first-order valence-corrected chi connectivity index (χ1v) is 7.96. The zero-order valence-corrected chi connectivity index (χ0v) is 13.3. The fourth-order valence-corrected chi connectivity index (χ4v) is 2.98. The topological polar surface area (TPSA) is 85.7 Å². The first-order valence-electron chi connectivity index (χ1n) is 7.96. The van der Waals surface area contributed by atoms with E-state index in [1.807, 2.05) is 41.3 Å². The quantitative estimate of drug-likeness (QED) is 0.868. The van der Waals surface area contributed by atoms with Gasteiger partial charge in [0.2, 0.25) is 0 Å². The molecule has 0 unspecified atom stereocenters. The van der Waals surface area contributed by atoms with Gasteiger partial charge >= 0.3 is 0 Å². The van der Waals surface area contributed by atoms with Crippen LogP contribution in [0.3, 0.4) is 0 Å². The minimum atomic E-state index is 0.0559. The number of carbonyl (C=O) groups is 1. The van der Waals surface area contributed by atoms with Gasteiger partial charge in [-0.25, -0.2) is 4.98 Å². The van der Waals surface area contributed by atoms with Gasteiger partial charge in [-0.2, -0.15) is 10.5 Å². The van der Waals surface area contributed by atoms with Gasteiger partial charge in [-0.1, -0.05) is 12.1 Å². The van der Waals surface area contributed by atoms with Gasteiger partial charge in [0, 0.05) is 25.2 Å². The fraction of sp³-hybridized carbons (Fsp3) is 0.333. The Labute approximate surface area is 140 Å². The van der Waals surface area contributed by atoms with Crippen molar-refractivity contribution in [2.45, 2.75) is 25.8 Å². The highest BCUT2D eigenvalue weighted by molar-refractivity contribution is 5.94. The number of rotatable bonds is 3. The Kier molecular flexibility index (Phi) is 4.58. The molecule has 3 rings (SSSR count). The number of nitriles is 2. The normalized spacial score (nSPS) is 14.0. The zero-order chi connectivity index (χ0) is 16.9. The van der Waals surface area contributed by atoms with Crippen LogP contribution in [0.25, 0.3) is 0 Å². The average molecular weight is 319 g/mol. The standard InChI is InChI=1S/C18H17N5O/c19-10-16-17(11-20)23(13-21-16)12-14-5-4-6-15(9-14)18(24)22-7-2-1-3-8-22/h4-6,9,13H,1-3,7-8,12H2. The van der Waals surface area contributed by atoms with Gasteiger partial charge in [-0.3, -0.25) is 4.79 Å². The molecule has 0 bridgehead atoms. The van der Waals surface area contributed by atoms with E-state index in [1.54, 1.807) is 4.57 Å². The Hall–Kier alpha value is -3.12. The average Bonchev–Trinajstić information content (AvgIpc) is 3.03. The van der Waals surface area contributed by atoms with Crippen molar-refractivity contribution in [1.82, 2.24) is 14.5 Å². The van der Waals surface area contributed by atoms with Crippen molar-refractivity contribution in [3.05, 3.63) is 53.1 Å². The number of likely N-dealkylation sites (tertiary alicyclic amines) is 1. The molecule has 6 nitrogen and oxygen atoms in total. The SMILES string of the molecule is N#Cc1ncn(Cc2cccc(C(=O)N3CCCCC3)c2)c1C#N. The van der Waals surface area contributed by atoms with Crippen molar-refractivity contribution in [3.8, 4) is 12.1 Å². The maximum Gasteiger partial charge on any atom is 0.253 e. The van der Waals surface area contributed by atoms with Crippen LogP contribution < -0.4 is 0 Å². The van der Waals surface area contributed by atoms with E-state index >= 15 is 0 Å². The number of piperidine rings is 1. The van der Waals surface area contributed by atoms with Crippen molar-refractivity contribution in [3.63, 3.8) is 0 Å². The number of carbonyl (C=O) groups excluding carboxylic acids is 1. The van der Waals surface area contributed by atoms with E-state index in [9.17, 15) is 10.1 Å². The van der Waals surface area contributed by atoms with Gasteiger partial charge in [0.15, 0.2) is 11.4 Å². The summed E-state index contributed by atoms with van der Waals surface area (Å²) in [7, 11) is 0. The summed E-state index contributed by atoms with van der Waals surface area (Å²) >= 11 is 0. The Balaban J connectivity index is 1.81. The maximum atomic E-state index is 12.6. The van der Waals surface area contributed by atoms with Gasteiger partial charge in [0.1, 0.15) is 12.1 Å². The van der Waals surface area contributed by atoms with Gasteiger partial charge in [0.25, 0.3) is 5.91 Å². The highest BCUT2D eigenvalue weighted by Crippen LogP contribution is 2.16. The van der Waals surface area contributed by atoms with Gasteiger partial charge < -0.3 is 9.47 Å². The van der Waals surface area contributed by atoms with Crippen LogP contribution in [0.5, 0.6) is 0 Å². The lowest BCUT2D eigenvalue weighted by atomic mass is 10.1. The Morgan fingerprint density at radius 3 is 2.67 bits per heavy atom. The predicted molar refractivity (Wildman–Crippen MR) is 87.0 cm³/mol. The second-order valence-corrected chi connectivity index (χ2v) is 5.85. The summed E-state index contributed by atoms with van der Waals surface area (Å²) in [5.74, 6) is 0.0559. The first kappa shape index (κ1) is 15.8. The molecule has 0 saturated carbocycles. The summed E-state index contributed by atoms with van der Waals surface area (Å²) in [5, 5.41) is 18.2. The number of imidazole rings is 1. The van der Waals surface area contributed by atoms with Crippen molar-refractivity contribution in [2.24, 2.45) is 0 Å². The fourth-order valence-electron chi connectivity index (χ4n) is 2.98. The smallest absolute Gasteiger partial charge is 0.253 e. The number of amides is 1. The summed E-state index contributed by atoms with van der Waals surface area (Å²) in [4.78, 5) is 18.4. The van der Waals surface area contributed by atoms with E-state index in [4.69, 9.17) is 5.26 Å². The van der Waals surface area contributed by atoms with Gasteiger partial charge in [-0.15, -0.1) is 0 Å². The van der Waals surface area contributed by atoms with Crippen molar-refractivity contribution < 1.29 is 4.79 Å². The molecule has 1 aliphatic heterocycles. The van der Waals surface area contributed by atoms with Crippen LogP contribution in [-0.4, -0.2) is 33.4 Å². The molecule has 2 heterocycles. The monoisotopic (exact) mass is 319 g/mol. The molecule has 1 saturated heterocycles. The molecule has 6 heteroatoms. The highest BCUT2D eigenvalue weighted by atomic mass is 16.2. The van der Waals surface area contributed by atoms with Crippen LogP contribution in [0.4, 0.5) is 0 Å². The van der Waals surface area contributed by atoms with Crippen LogP contribution in [-0.2, 0) is 6.54 Å². The van der Waals surface area contributed by atoms with Gasteiger partial charge in [0.05, 0.1) is 6.33 Å². The van der Waals surface area contributed by atoms with E-state index in [-0.39, 0.29) is 17.3 Å². The van der Waals surface area contributed by atoms with Crippen LogP contribution in [0.15, 0.2) is 30.6 Å². The van der Waals surface area contributed by atoms with E-state index in [0.29, 0.717) is 12.1 Å². The number of benzene rings is 1. The molecular weight excluding hydrogens is 302 g/mol. The third-order valence-corrected chi connectivity index (χ3v) is 4.22. The lowest BCUT2D eigenvalue weighted by molar-refractivity contribution is 0.0724. The number of nitrogens with zero attached hydrogens (tertiary/aromatic N) is 5. The Morgan fingerprint density at radius 2 is 1.96 bits per heavy atom. The number of aromatic nitrogens is 2. The molecule has 1 aromatic carbocycles. The lowest BCUT2D eigenvalue weighted by Crippen LogP contribution is -2.35. The van der Waals surface area contributed by atoms with Crippen LogP contribution in [0, 0.1) is 22.7 Å². The van der Waals surface area contributed by atoms with Crippen molar-refractivity contribution in [2.75, 3.05) is 13.1 Å². The minimum Gasteiger partial charge on any atom is -0.339 e. The molecule has 0 N–H and O–H groups in total. The largest absolute Gasteiger partial charge is 0.339 e. The second-order valence-electron chi connectivity index (χ2n) is 5.85. The molecule has 0 atom stereocenters. The Bertz CT molecular complexity index is 834. The number of hydrogen-bond acceptors (Lipinski definition) is 4. The third kappa shape index (κ3) is 3.13. The molecule has 1 fully saturated rings. The van der Waals surface area contributed by atoms with E-state index in [2.05, 4.69) is 4.98 Å². The summed E-state index contributed by atoms with van der Waals surface area (Å²) < 4.78 is 1.63. The van der Waals surface area contributed by atoms with Crippen molar-refractivity contribution in [1.29, 1.82) is 10.5 Å². The molecule has 0 aliphatic carbocycles. The van der Waals surface area contributed by atoms with E-state index in [1.165, 1.54) is 12.7 Å². The van der Waals surface area contributed by atoms with Crippen LogP contribution >= 0.6 is 0 Å². The molecule has 1 aliphatic rings. The van der Waals surface area contributed by atoms with E-state index in [0.717, 1.165) is 31.5 Å². The van der Waals surface area contributed by atoms with Crippen molar-refractivity contribution >= 4 is 5.91 Å². The summed E-state index contributed by atoms with van der Waals surface area (Å²) in [6.45, 7) is 2.03. The summed E-state index contributed by atoms with van der Waals surface area (Å²) in [5.41, 5.74) is 1.92. The maximum absolute atomic E-state index is 12.6. The first-order chi connectivity index (χ1) is 11.7. The molecule has 1 aromatic heterocycles. The second kappa shape index (κ2) is 6.97. The molecule has 0 radical (unpaired) electrons. The zero-order valence-electron chi connectivity index (χ0n) is 13.3. The third-order valence-electron chi connectivity index (χ3n) is 4.22. The lowest BCUT2D eigenvalue weighted by Gasteiger charge is -2.26. The molecule has 2 aromatic rings. The summed E-state index contributed by atoms with van der Waals surface area (Å²) in [6, 6.07) is 11.3. The predicted octanol–water partition coefficient (Wildman–Crippen LogP) is 2.30. The van der Waals surface area contributed by atoms with Gasteiger partial charge in [-0.05, 0) is 37.0 Å². The summed E-state index contributed by atoms with van der Waals surface area (Å²) in [6.07, 6.45) is 4.78. The molecular formula is C18H17N5O. The van der Waals surface area contributed by atoms with Crippen LogP contribution in [0.1, 0.15) is 46.6 Å². The molecule has 24 heavy (non-hydrogen) atoms. The minimum absolute atomic E-state index is 0.0559. The highest BCUT2D eigenvalue weighted by Gasteiger charge is 2.18. The van der Waals surface area contributed by atoms with E-state index < -0.39 is 0 Å².